The van der Waals surface area contributed by atoms with Crippen LogP contribution in [0.1, 0.15) is 23.1 Å². The zero-order valence-electron chi connectivity index (χ0n) is 15.8. The van der Waals surface area contributed by atoms with Crippen molar-refractivity contribution in [3.8, 4) is 17.2 Å². The number of para-hydroxylation sites is 1. The highest BCUT2D eigenvalue weighted by Gasteiger charge is 2.21. The first-order valence-corrected chi connectivity index (χ1v) is 8.60. The molecule has 0 aliphatic carbocycles. The average molecular weight is 380 g/mol. The summed E-state index contributed by atoms with van der Waals surface area (Å²) in [5, 5.41) is 11.5. The molecule has 144 valence electrons. The standard InChI is InChI=1S/C21H20N2O5/c1-13(24)27-12-18-17-11-15(28-14-7-5-4-6-8-14)9-10-16(17)20(25)19(22-18)21(26)23(2)3/h4-11,25H,12H2,1-3H3. The van der Waals surface area contributed by atoms with Crippen LogP contribution in [0.3, 0.4) is 0 Å². The Morgan fingerprint density at radius 3 is 2.39 bits per heavy atom. The van der Waals surface area contributed by atoms with Gasteiger partial charge in [0.15, 0.2) is 11.4 Å². The topological polar surface area (TPSA) is 89.0 Å². The highest BCUT2D eigenvalue weighted by Crippen LogP contribution is 2.34. The molecule has 0 fully saturated rings. The van der Waals surface area contributed by atoms with E-state index in [0.29, 0.717) is 28.0 Å². The summed E-state index contributed by atoms with van der Waals surface area (Å²) >= 11 is 0. The molecular formula is C21H20N2O5. The van der Waals surface area contributed by atoms with E-state index < -0.39 is 11.9 Å². The summed E-state index contributed by atoms with van der Waals surface area (Å²) in [6, 6.07) is 14.3. The second-order valence-electron chi connectivity index (χ2n) is 6.36. The normalized spacial score (nSPS) is 10.5. The minimum Gasteiger partial charge on any atom is -0.505 e. The van der Waals surface area contributed by atoms with Crippen molar-refractivity contribution in [2.75, 3.05) is 14.1 Å². The molecule has 0 unspecified atom stereocenters. The van der Waals surface area contributed by atoms with Gasteiger partial charge in [-0.3, -0.25) is 9.59 Å². The summed E-state index contributed by atoms with van der Waals surface area (Å²) in [7, 11) is 3.13. The summed E-state index contributed by atoms with van der Waals surface area (Å²) in [5.74, 6) is 0.0236. The van der Waals surface area contributed by atoms with Crippen LogP contribution in [0.15, 0.2) is 48.5 Å². The number of carbonyl (C=O) groups is 2. The third-order valence-corrected chi connectivity index (χ3v) is 4.03. The second kappa shape index (κ2) is 7.96. The van der Waals surface area contributed by atoms with E-state index in [1.807, 2.05) is 30.3 Å². The van der Waals surface area contributed by atoms with E-state index >= 15 is 0 Å². The van der Waals surface area contributed by atoms with E-state index in [-0.39, 0.29) is 18.1 Å². The lowest BCUT2D eigenvalue weighted by Gasteiger charge is -2.15. The summed E-state index contributed by atoms with van der Waals surface area (Å²) in [4.78, 5) is 29.2. The molecule has 3 aromatic rings. The molecule has 3 rings (SSSR count). The molecule has 1 aromatic heterocycles. The van der Waals surface area contributed by atoms with E-state index in [2.05, 4.69) is 4.98 Å². The van der Waals surface area contributed by atoms with E-state index in [9.17, 15) is 14.7 Å². The van der Waals surface area contributed by atoms with E-state index in [0.717, 1.165) is 0 Å². The van der Waals surface area contributed by atoms with Gasteiger partial charge >= 0.3 is 5.97 Å². The molecule has 1 N–H and O–H groups in total. The average Bonchev–Trinajstić information content (AvgIpc) is 2.67. The lowest BCUT2D eigenvalue weighted by molar-refractivity contribution is -0.142. The van der Waals surface area contributed by atoms with Gasteiger partial charge in [-0.1, -0.05) is 18.2 Å². The summed E-state index contributed by atoms with van der Waals surface area (Å²) in [5.41, 5.74) is 0.253. The number of aromatic nitrogens is 1. The lowest BCUT2D eigenvalue weighted by atomic mass is 10.1. The Hall–Kier alpha value is -3.61. The van der Waals surface area contributed by atoms with Crippen molar-refractivity contribution in [1.29, 1.82) is 0 Å². The maximum atomic E-state index is 12.4. The van der Waals surface area contributed by atoms with Crippen molar-refractivity contribution in [2.45, 2.75) is 13.5 Å². The van der Waals surface area contributed by atoms with Gasteiger partial charge in [0.05, 0.1) is 5.69 Å². The molecule has 0 atom stereocenters. The fourth-order valence-corrected chi connectivity index (χ4v) is 2.67. The number of carbonyl (C=O) groups excluding carboxylic acids is 2. The molecular weight excluding hydrogens is 360 g/mol. The Morgan fingerprint density at radius 2 is 1.75 bits per heavy atom. The third kappa shape index (κ3) is 4.03. The number of aromatic hydroxyl groups is 1. The van der Waals surface area contributed by atoms with Gasteiger partial charge in [0, 0.05) is 31.8 Å². The molecule has 2 aromatic carbocycles. The van der Waals surface area contributed by atoms with Crippen LogP contribution >= 0.6 is 0 Å². The minimum absolute atomic E-state index is 0.101. The van der Waals surface area contributed by atoms with Crippen molar-refractivity contribution in [2.24, 2.45) is 0 Å². The molecule has 7 heteroatoms. The SMILES string of the molecule is CC(=O)OCc1nc(C(=O)N(C)C)c(O)c2ccc(Oc3ccccc3)cc12. The predicted octanol–water partition coefficient (Wildman–Crippen LogP) is 3.50. The van der Waals surface area contributed by atoms with E-state index in [1.165, 1.54) is 11.8 Å². The van der Waals surface area contributed by atoms with E-state index in [4.69, 9.17) is 9.47 Å². The molecule has 0 radical (unpaired) electrons. The van der Waals surface area contributed by atoms with E-state index in [1.54, 1.807) is 32.3 Å². The zero-order chi connectivity index (χ0) is 20.3. The Morgan fingerprint density at radius 1 is 1.04 bits per heavy atom. The molecule has 0 saturated carbocycles. The molecule has 0 aliphatic heterocycles. The molecule has 1 heterocycles. The fourth-order valence-electron chi connectivity index (χ4n) is 2.67. The van der Waals surface area contributed by atoms with Crippen LogP contribution in [0.4, 0.5) is 0 Å². The monoisotopic (exact) mass is 380 g/mol. The van der Waals surface area contributed by atoms with Crippen LogP contribution in [0, 0.1) is 0 Å². The first-order chi connectivity index (χ1) is 13.4. The number of pyridine rings is 1. The first-order valence-electron chi connectivity index (χ1n) is 8.60. The number of rotatable bonds is 5. The largest absolute Gasteiger partial charge is 0.505 e. The summed E-state index contributed by atoms with van der Waals surface area (Å²) < 4.78 is 10.9. The predicted molar refractivity (Wildman–Crippen MR) is 103 cm³/mol. The quantitative estimate of drug-likeness (QED) is 0.682. The van der Waals surface area contributed by atoms with Crippen LogP contribution in [0.25, 0.3) is 10.8 Å². The molecule has 7 nitrogen and oxygen atoms in total. The molecule has 0 aliphatic rings. The molecule has 0 spiro atoms. The fraction of sp³-hybridized carbons (Fsp3) is 0.190. The third-order valence-electron chi connectivity index (χ3n) is 4.03. The number of amides is 1. The van der Waals surface area contributed by atoms with Crippen molar-refractivity contribution in [3.05, 3.63) is 59.9 Å². The molecule has 0 bridgehead atoms. The highest BCUT2D eigenvalue weighted by atomic mass is 16.5. The van der Waals surface area contributed by atoms with Gasteiger partial charge in [0.25, 0.3) is 5.91 Å². The number of ether oxygens (including phenoxy) is 2. The van der Waals surface area contributed by atoms with Gasteiger partial charge < -0.3 is 19.5 Å². The van der Waals surface area contributed by atoms with Crippen LogP contribution in [-0.4, -0.2) is 41.0 Å². The lowest BCUT2D eigenvalue weighted by Crippen LogP contribution is -2.23. The van der Waals surface area contributed by atoms with Crippen LogP contribution in [-0.2, 0) is 16.1 Å². The number of benzene rings is 2. The summed E-state index contributed by atoms with van der Waals surface area (Å²) in [6.07, 6.45) is 0. The maximum absolute atomic E-state index is 12.4. The Kier molecular flexibility index (Phi) is 5.44. The van der Waals surface area contributed by atoms with Gasteiger partial charge in [0.1, 0.15) is 18.1 Å². The van der Waals surface area contributed by atoms with Gasteiger partial charge in [-0.25, -0.2) is 4.98 Å². The number of fused-ring (bicyclic) bond motifs is 1. The Balaban J connectivity index is 2.11. The number of hydrogen-bond acceptors (Lipinski definition) is 6. The Bertz CT molecular complexity index is 1030. The number of nitrogens with zero attached hydrogens (tertiary/aromatic N) is 2. The van der Waals surface area contributed by atoms with Gasteiger partial charge in [-0.05, 0) is 30.3 Å². The van der Waals surface area contributed by atoms with Crippen molar-refractivity contribution in [1.82, 2.24) is 9.88 Å². The first kappa shape index (κ1) is 19.2. The van der Waals surface area contributed by atoms with Crippen molar-refractivity contribution < 1.29 is 24.2 Å². The second-order valence-corrected chi connectivity index (χ2v) is 6.36. The Labute approximate surface area is 162 Å². The van der Waals surface area contributed by atoms with Crippen molar-refractivity contribution >= 4 is 22.6 Å². The van der Waals surface area contributed by atoms with Gasteiger partial charge in [-0.2, -0.15) is 0 Å². The molecule has 0 saturated heterocycles. The van der Waals surface area contributed by atoms with Crippen LogP contribution in [0.2, 0.25) is 0 Å². The van der Waals surface area contributed by atoms with Crippen molar-refractivity contribution in [3.63, 3.8) is 0 Å². The molecule has 1 amide bonds. The van der Waals surface area contributed by atoms with Crippen LogP contribution < -0.4 is 4.74 Å². The van der Waals surface area contributed by atoms with Crippen LogP contribution in [0.5, 0.6) is 17.2 Å². The number of hydrogen-bond donors (Lipinski definition) is 1. The summed E-state index contributed by atoms with van der Waals surface area (Å²) in [6.45, 7) is 1.16. The minimum atomic E-state index is -0.472. The smallest absolute Gasteiger partial charge is 0.303 e. The molecule has 28 heavy (non-hydrogen) atoms. The number of esters is 1. The van der Waals surface area contributed by atoms with Gasteiger partial charge in [0.2, 0.25) is 0 Å². The zero-order valence-corrected chi connectivity index (χ0v) is 15.8. The highest BCUT2D eigenvalue weighted by molar-refractivity contribution is 6.02. The van der Waals surface area contributed by atoms with Gasteiger partial charge in [-0.15, -0.1) is 0 Å². The maximum Gasteiger partial charge on any atom is 0.303 e.